The van der Waals surface area contributed by atoms with E-state index in [4.69, 9.17) is 27.9 Å². The van der Waals surface area contributed by atoms with E-state index >= 15 is 0 Å². The van der Waals surface area contributed by atoms with Gasteiger partial charge in [-0.1, -0.05) is 23.2 Å². The first-order chi connectivity index (χ1) is 9.22. The summed E-state index contributed by atoms with van der Waals surface area (Å²) in [7, 11) is 0. The molecular weight excluding hydrogens is 283 g/mol. The zero-order valence-corrected chi connectivity index (χ0v) is 11.7. The van der Waals surface area contributed by atoms with E-state index in [9.17, 15) is 0 Å². The van der Waals surface area contributed by atoms with E-state index in [0.717, 1.165) is 5.69 Å². The molecule has 0 bridgehead atoms. The van der Waals surface area contributed by atoms with Gasteiger partial charge in [-0.2, -0.15) is 0 Å². The lowest BCUT2D eigenvalue weighted by molar-refractivity contribution is 0.220. The summed E-state index contributed by atoms with van der Waals surface area (Å²) in [6.45, 7) is 0.707. The highest BCUT2D eigenvalue weighted by Crippen LogP contribution is 2.26. The second-order valence-corrected chi connectivity index (χ2v) is 5.40. The SMILES string of the molecule is Clc1ccc(-n2ccc(OC[C@@H]3[CH]CC3)n2)cc1Cl. The van der Waals surface area contributed by atoms with Gasteiger partial charge in [-0.15, -0.1) is 5.10 Å². The van der Waals surface area contributed by atoms with Crippen LogP contribution in [0.3, 0.4) is 0 Å². The molecule has 1 saturated carbocycles. The Morgan fingerprint density at radius 3 is 2.79 bits per heavy atom. The van der Waals surface area contributed by atoms with Gasteiger partial charge < -0.3 is 4.74 Å². The summed E-state index contributed by atoms with van der Waals surface area (Å²) in [6, 6.07) is 7.25. The monoisotopic (exact) mass is 295 g/mol. The molecule has 0 N–H and O–H groups in total. The largest absolute Gasteiger partial charge is 0.476 e. The Labute approximate surface area is 122 Å². The van der Waals surface area contributed by atoms with Crippen LogP contribution in [0.5, 0.6) is 5.88 Å². The van der Waals surface area contributed by atoms with Gasteiger partial charge >= 0.3 is 0 Å². The fraction of sp³-hybridized carbons (Fsp3) is 0.286. The van der Waals surface area contributed by atoms with Crippen molar-refractivity contribution in [1.29, 1.82) is 0 Å². The van der Waals surface area contributed by atoms with E-state index in [2.05, 4.69) is 11.5 Å². The van der Waals surface area contributed by atoms with Gasteiger partial charge in [0, 0.05) is 12.3 Å². The van der Waals surface area contributed by atoms with Gasteiger partial charge in [0.15, 0.2) is 0 Å². The van der Waals surface area contributed by atoms with E-state index in [1.807, 2.05) is 18.3 Å². The van der Waals surface area contributed by atoms with Crippen molar-refractivity contribution in [2.75, 3.05) is 6.61 Å². The van der Waals surface area contributed by atoms with Gasteiger partial charge in [-0.05, 0) is 43.4 Å². The zero-order chi connectivity index (χ0) is 13.2. The molecule has 1 heterocycles. The number of aromatic nitrogens is 2. The van der Waals surface area contributed by atoms with E-state index in [1.54, 1.807) is 16.8 Å². The van der Waals surface area contributed by atoms with Gasteiger partial charge in [0.25, 0.3) is 0 Å². The second-order valence-electron chi connectivity index (χ2n) is 4.58. The molecule has 1 aliphatic carbocycles. The Hall–Kier alpha value is -1.19. The highest BCUT2D eigenvalue weighted by Gasteiger charge is 2.18. The summed E-state index contributed by atoms with van der Waals surface area (Å²) >= 11 is 11.9. The van der Waals surface area contributed by atoms with Crippen LogP contribution in [0.4, 0.5) is 0 Å². The average Bonchev–Trinajstić information content (AvgIpc) is 2.79. The smallest absolute Gasteiger partial charge is 0.233 e. The van der Waals surface area contributed by atoms with Crippen LogP contribution in [-0.2, 0) is 0 Å². The van der Waals surface area contributed by atoms with Crippen molar-refractivity contribution in [3.05, 3.63) is 46.9 Å². The molecule has 0 unspecified atom stereocenters. The van der Waals surface area contributed by atoms with Crippen LogP contribution in [0.2, 0.25) is 10.0 Å². The standard InChI is InChI=1S/C14H13Cl2N2O/c15-12-5-4-11(8-13(12)16)18-7-6-14(17-18)19-9-10-2-1-3-10/h2,4-8,10H,1,3,9H2/t10-/m1/s1. The van der Waals surface area contributed by atoms with Crippen LogP contribution in [-0.4, -0.2) is 16.4 Å². The van der Waals surface area contributed by atoms with E-state index in [-0.39, 0.29) is 0 Å². The first-order valence-electron chi connectivity index (χ1n) is 6.19. The average molecular weight is 296 g/mol. The normalized spacial score (nSPS) is 15.3. The van der Waals surface area contributed by atoms with Crippen molar-refractivity contribution in [3.8, 4) is 11.6 Å². The number of nitrogens with zero attached hydrogens (tertiary/aromatic N) is 2. The first-order valence-corrected chi connectivity index (χ1v) is 6.95. The molecule has 99 valence electrons. The van der Waals surface area contributed by atoms with Gasteiger partial charge in [-0.25, -0.2) is 4.68 Å². The van der Waals surface area contributed by atoms with Crippen LogP contribution in [0, 0.1) is 12.3 Å². The van der Waals surface area contributed by atoms with Crippen LogP contribution >= 0.6 is 23.2 Å². The summed E-state index contributed by atoms with van der Waals surface area (Å²) in [6.07, 6.45) is 6.54. The summed E-state index contributed by atoms with van der Waals surface area (Å²) in [5.41, 5.74) is 0.861. The Bertz CT molecular complexity index is 579. The lowest BCUT2D eigenvalue weighted by Crippen LogP contribution is -2.20. The third-order valence-corrected chi connectivity index (χ3v) is 3.95. The highest BCUT2D eigenvalue weighted by atomic mass is 35.5. The minimum Gasteiger partial charge on any atom is -0.476 e. The van der Waals surface area contributed by atoms with Crippen LogP contribution < -0.4 is 4.74 Å². The lowest BCUT2D eigenvalue weighted by atomic mass is 9.86. The Morgan fingerprint density at radius 1 is 1.26 bits per heavy atom. The van der Waals surface area contributed by atoms with Crippen molar-refractivity contribution in [2.24, 2.45) is 5.92 Å². The van der Waals surface area contributed by atoms with E-state index < -0.39 is 0 Å². The van der Waals surface area contributed by atoms with Crippen molar-refractivity contribution < 1.29 is 4.74 Å². The summed E-state index contributed by atoms with van der Waals surface area (Å²) in [4.78, 5) is 0. The number of rotatable bonds is 4. The molecule has 1 radical (unpaired) electrons. The molecule has 1 aromatic heterocycles. The summed E-state index contributed by atoms with van der Waals surface area (Å²) < 4.78 is 7.37. The van der Waals surface area contributed by atoms with Gasteiger partial charge in [0.2, 0.25) is 5.88 Å². The third kappa shape index (κ3) is 2.88. The molecule has 0 amide bonds. The predicted molar refractivity (Wildman–Crippen MR) is 76.1 cm³/mol. The van der Waals surface area contributed by atoms with Crippen molar-refractivity contribution >= 4 is 23.2 Å². The van der Waals surface area contributed by atoms with Crippen molar-refractivity contribution in [1.82, 2.24) is 9.78 Å². The highest BCUT2D eigenvalue weighted by molar-refractivity contribution is 6.42. The van der Waals surface area contributed by atoms with Crippen molar-refractivity contribution in [2.45, 2.75) is 12.8 Å². The van der Waals surface area contributed by atoms with Crippen LogP contribution in [0.1, 0.15) is 12.8 Å². The predicted octanol–water partition coefficient (Wildman–Crippen LogP) is 4.17. The number of halogens is 2. The van der Waals surface area contributed by atoms with Crippen LogP contribution in [0.15, 0.2) is 30.5 Å². The minimum absolute atomic E-state index is 0.515. The molecule has 1 aliphatic rings. The molecule has 2 aromatic rings. The third-order valence-electron chi connectivity index (χ3n) is 3.22. The minimum atomic E-state index is 0.515. The molecule has 5 heteroatoms. The van der Waals surface area contributed by atoms with Crippen molar-refractivity contribution in [3.63, 3.8) is 0 Å². The number of benzene rings is 1. The molecule has 1 aromatic carbocycles. The Balaban J connectivity index is 1.70. The van der Waals surface area contributed by atoms with Gasteiger partial charge in [-0.3, -0.25) is 0 Å². The van der Waals surface area contributed by atoms with Gasteiger partial charge in [0.1, 0.15) is 0 Å². The summed E-state index contributed by atoms with van der Waals surface area (Å²) in [5.74, 6) is 1.21. The molecule has 1 atom stereocenters. The molecule has 3 nitrogen and oxygen atoms in total. The maximum absolute atomic E-state index is 5.99. The quantitative estimate of drug-likeness (QED) is 0.846. The molecule has 0 saturated heterocycles. The second kappa shape index (κ2) is 5.43. The van der Waals surface area contributed by atoms with E-state index in [1.165, 1.54) is 12.8 Å². The molecule has 3 rings (SSSR count). The Kier molecular flexibility index (Phi) is 3.67. The summed E-state index contributed by atoms with van der Waals surface area (Å²) in [5, 5.41) is 5.41. The zero-order valence-electron chi connectivity index (χ0n) is 10.2. The van der Waals surface area contributed by atoms with Gasteiger partial charge in [0.05, 0.1) is 22.3 Å². The van der Waals surface area contributed by atoms with Crippen LogP contribution in [0.25, 0.3) is 5.69 Å². The molecule has 19 heavy (non-hydrogen) atoms. The number of hydrogen-bond acceptors (Lipinski definition) is 2. The fourth-order valence-electron chi connectivity index (χ4n) is 1.90. The fourth-order valence-corrected chi connectivity index (χ4v) is 2.19. The molecule has 1 fully saturated rings. The number of ether oxygens (including phenoxy) is 1. The molecule has 0 aliphatic heterocycles. The Morgan fingerprint density at radius 2 is 2.11 bits per heavy atom. The maximum atomic E-state index is 5.99. The molecular formula is C14H13Cl2N2O. The van der Waals surface area contributed by atoms with E-state index in [0.29, 0.717) is 28.5 Å². The maximum Gasteiger partial charge on any atom is 0.233 e. The lowest BCUT2D eigenvalue weighted by Gasteiger charge is -2.23. The molecule has 0 spiro atoms. The first kappa shape index (κ1) is 12.8. The number of hydrogen-bond donors (Lipinski definition) is 0. The topological polar surface area (TPSA) is 27.1 Å².